The Balaban J connectivity index is 2.17. The van der Waals surface area contributed by atoms with Crippen LogP contribution in [0.2, 0.25) is 0 Å². The van der Waals surface area contributed by atoms with Crippen LogP contribution < -0.4 is 10.6 Å². The summed E-state index contributed by atoms with van der Waals surface area (Å²) in [5.74, 6) is 1.52. The number of anilines is 3. The van der Waals surface area contributed by atoms with E-state index in [1.54, 1.807) is 0 Å². The zero-order chi connectivity index (χ0) is 15.2. The lowest BCUT2D eigenvalue weighted by Gasteiger charge is -2.12. The molecule has 0 saturated heterocycles. The van der Waals surface area contributed by atoms with Gasteiger partial charge >= 0.3 is 0 Å². The van der Waals surface area contributed by atoms with Gasteiger partial charge in [0.15, 0.2) is 0 Å². The maximum absolute atomic E-state index is 4.54. The van der Waals surface area contributed by atoms with Crippen molar-refractivity contribution in [1.29, 1.82) is 0 Å². The Kier molecular flexibility index (Phi) is 5.14. The average molecular weight is 284 g/mol. The number of nitrogens with one attached hydrogen (secondary N) is 2. The van der Waals surface area contributed by atoms with Crippen molar-refractivity contribution in [3.8, 4) is 0 Å². The normalized spacial score (nSPS) is 10.5. The highest BCUT2D eigenvalue weighted by atomic mass is 15.1. The number of nitrogens with zero attached hydrogens (tertiary/aromatic N) is 2. The summed E-state index contributed by atoms with van der Waals surface area (Å²) in [6.45, 7) is 9.27. The molecule has 21 heavy (non-hydrogen) atoms. The fourth-order valence-corrected chi connectivity index (χ4v) is 2.10. The third-order valence-electron chi connectivity index (χ3n) is 3.33. The molecule has 0 radical (unpaired) electrons. The summed E-state index contributed by atoms with van der Waals surface area (Å²) >= 11 is 0. The van der Waals surface area contributed by atoms with Gasteiger partial charge in [-0.1, -0.05) is 25.5 Å². The standard InChI is InChI=1S/C17H24N4/c1-5-6-9-18-16-11-14(4)19-17(21-16)20-15-10-12(2)7-8-13(15)3/h7-8,10-11H,5-6,9H2,1-4H3,(H2,18,19,20,21). The number of aromatic nitrogens is 2. The van der Waals surface area contributed by atoms with Gasteiger partial charge in [0.05, 0.1) is 0 Å². The van der Waals surface area contributed by atoms with E-state index in [9.17, 15) is 0 Å². The van der Waals surface area contributed by atoms with Crippen molar-refractivity contribution in [1.82, 2.24) is 9.97 Å². The third kappa shape index (κ3) is 4.45. The predicted octanol–water partition coefficient (Wildman–Crippen LogP) is 4.36. The van der Waals surface area contributed by atoms with E-state index in [4.69, 9.17) is 0 Å². The second-order valence-electron chi connectivity index (χ2n) is 5.44. The number of rotatable bonds is 6. The Bertz CT molecular complexity index is 608. The lowest BCUT2D eigenvalue weighted by atomic mass is 10.1. The molecule has 0 amide bonds. The quantitative estimate of drug-likeness (QED) is 0.774. The van der Waals surface area contributed by atoms with Crippen molar-refractivity contribution in [3.05, 3.63) is 41.1 Å². The summed E-state index contributed by atoms with van der Waals surface area (Å²) in [5.41, 5.74) is 4.42. The van der Waals surface area contributed by atoms with Crippen LogP contribution in [0, 0.1) is 20.8 Å². The Morgan fingerprint density at radius 2 is 1.86 bits per heavy atom. The molecule has 0 unspecified atom stereocenters. The highest BCUT2D eigenvalue weighted by Crippen LogP contribution is 2.21. The molecule has 112 valence electrons. The van der Waals surface area contributed by atoms with Crippen molar-refractivity contribution in [2.75, 3.05) is 17.2 Å². The molecule has 2 rings (SSSR count). The van der Waals surface area contributed by atoms with Gasteiger partial charge in [0.25, 0.3) is 0 Å². The Morgan fingerprint density at radius 3 is 2.62 bits per heavy atom. The number of unbranched alkanes of at least 4 members (excludes halogenated alkanes) is 1. The van der Waals surface area contributed by atoms with Gasteiger partial charge in [-0.2, -0.15) is 4.98 Å². The zero-order valence-electron chi connectivity index (χ0n) is 13.3. The second kappa shape index (κ2) is 7.07. The molecule has 1 aromatic carbocycles. The minimum absolute atomic E-state index is 0.641. The third-order valence-corrected chi connectivity index (χ3v) is 3.33. The topological polar surface area (TPSA) is 49.8 Å². The van der Waals surface area contributed by atoms with Crippen LogP contribution in [-0.2, 0) is 0 Å². The Hall–Kier alpha value is -2.10. The average Bonchev–Trinajstić information content (AvgIpc) is 2.43. The van der Waals surface area contributed by atoms with Crippen molar-refractivity contribution in [2.24, 2.45) is 0 Å². The van der Waals surface area contributed by atoms with Crippen LogP contribution in [0.25, 0.3) is 0 Å². The van der Waals surface area contributed by atoms with E-state index < -0.39 is 0 Å². The van der Waals surface area contributed by atoms with Gasteiger partial charge in [-0.05, 0) is 44.4 Å². The van der Waals surface area contributed by atoms with Crippen molar-refractivity contribution < 1.29 is 0 Å². The van der Waals surface area contributed by atoms with E-state index in [0.29, 0.717) is 5.95 Å². The smallest absolute Gasteiger partial charge is 0.229 e. The van der Waals surface area contributed by atoms with Gasteiger partial charge < -0.3 is 10.6 Å². The number of benzene rings is 1. The van der Waals surface area contributed by atoms with Crippen LogP contribution in [0.15, 0.2) is 24.3 Å². The van der Waals surface area contributed by atoms with E-state index in [-0.39, 0.29) is 0 Å². The molecular weight excluding hydrogens is 260 g/mol. The summed E-state index contributed by atoms with van der Waals surface area (Å²) < 4.78 is 0. The first-order valence-electron chi connectivity index (χ1n) is 7.52. The molecule has 2 N–H and O–H groups in total. The lowest BCUT2D eigenvalue weighted by Crippen LogP contribution is -2.07. The second-order valence-corrected chi connectivity index (χ2v) is 5.44. The van der Waals surface area contributed by atoms with E-state index in [1.807, 2.05) is 13.0 Å². The maximum Gasteiger partial charge on any atom is 0.229 e. The van der Waals surface area contributed by atoms with Gasteiger partial charge in [-0.15, -0.1) is 0 Å². The van der Waals surface area contributed by atoms with Crippen LogP contribution in [0.5, 0.6) is 0 Å². The molecule has 0 atom stereocenters. The summed E-state index contributed by atoms with van der Waals surface area (Å²) in [6, 6.07) is 8.30. The summed E-state index contributed by atoms with van der Waals surface area (Å²) in [4.78, 5) is 9.00. The zero-order valence-corrected chi connectivity index (χ0v) is 13.3. The largest absolute Gasteiger partial charge is 0.370 e. The summed E-state index contributed by atoms with van der Waals surface area (Å²) in [7, 11) is 0. The molecule has 2 aromatic rings. The fourth-order valence-electron chi connectivity index (χ4n) is 2.10. The van der Waals surface area contributed by atoms with E-state index in [0.717, 1.165) is 30.2 Å². The first-order chi connectivity index (χ1) is 10.1. The fraction of sp³-hybridized carbons (Fsp3) is 0.412. The van der Waals surface area contributed by atoms with E-state index in [2.05, 4.69) is 59.6 Å². The number of aryl methyl sites for hydroxylation is 3. The predicted molar refractivity (Wildman–Crippen MR) is 89.4 cm³/mol. The molecule has 1 aromatic heterocycles. The highest BCUT2D eigenvalue weighted by molar-refractivity contribution is 5.60. The van der Waals surface area contributed by atoms with Crippen molar-refractivity contribution in [3.63, 3.8) is 0 Å². The molecule has 0 aliphatic heterocycles. The Morgan fingerprint density at radius 1 is 1.05 bits per heavy atom. The van der Waals surface area contributed by atoms with Gasteiger partial charge in [0.1, 0.15) is 5.82 Å². The van der Waals surface area contributed by atoms with Gasteiger partial charge in [0, 0.05) is 24.0 Å². The molecule has 1 heterocycles. The van der Waals surface area contributed by atoms with E-state index >= 15 is 0 Å². The van der Waals surface area contributed by atoms with Gasteiger partial charge in [-0.3, -0.25) is 0 Å². The maximum atomic E-state index is 4.54. The monoisotopic (exact) mass is 284 g/mol. The molecule has 0 bridgehead atoms. The molecule has 0 aliphatic carbocycles. The molecule has 0 aliphatic rings. The minimum Gasteiger partial charge on any atom is -0.370 e. The summed E-state index contributed by atoms with van der Waals surface area (Å²) in [6.07, 6.45) is 2.31. The molecule has 4 nitrogen and oxygen atoms in total. The SMILES string of the molecule is CCCCNc1cc(C)nc(Nc2cc(C)ccc2C)n1. The highest BCUT2D eigenvalue weighted by Gasteiger charge is 2.05. The van der Waals surface area contributed by atoms with Crippen LogP contribution in [-0.4, -0.2) is 16.5 Å². The minimum atomic E-state index is 0.641. The number of hydrogen-bond acceptors (Lipinski definition) is 4. The van der Waals surface area contributed by atoms with Crippen molar-refractivity contribution in [2.45, 2.75) is 40.5 Å². The molecular formula is C17H24N4. The van der Waals surface area contributed by atoms with Crippen LogP contribution in [0.4, 0.5) is 17.5 Å². The first-order valence-corrected chi connectivity index (χ1v) is 7.52. The van der Waals surface area contributed by atoms with Gasteiger partial charge in [0.2, 0.25) is 5.95 Å². The van der Waals surface area contributed by atoms with Crippen LogP contribution in [0.1, 0.15) is 36.6 Å². The first kappa shape index (κ1) is 15.3. The van der Waals surface area contributed by atoms with Gasteiger partial charge in [-0.25, -0.2) is 4.98 Å². The van der Waals surface area contributed by atoms with Crippen LogP contribution >= 0.6 is 0 Å². The molecule has 4 heteroatoms. The molecule has 0 fully saturated rings. The van der Waals surface area contributed by atoms with E-state index in [1.165, 1.54) is 17.5 Å². The lowest BCUT2D eigenvalue weighted by molar-refractivity contribution is 0.830. The molecule has 0 spiro atoms. The summed E-state index contributed by atoms with van der Waals surface area (Å²) in [5, 5.41) is 6.67. The number of hydrogen-bond donors (Lipinski definition) is 2. The van der Waals surface area contributed by atoms with Crippen LogP contribution in [0.3, 0.4) is 0 Å². The molecule has 0 saturated carbocycles. The Labute approximate surface area is 127 Å². The van der Waals surface area contributed by atoms with Crippen molar-refractivity contribution >= 4 is 17.5 Å².